The average Bonchev–Trinajstić information content (AvgIpc) is 2.16. The standard InChI is InChI=1S/C13H26O2S/c1-10(2)11-8-6-7-9-12(11)16(14,15)13(3,4)5/h10-12H,6-9H2,1-5H3. The highest BCUT2D eigenvalue weighted by Gasteiger charge is 2.42. The minimum Gasteiger partial charge on any atom is -0.228 e. The lowest BCUT2D eigenvalue weighted by Gasteiger charge is -2.37. The van der Waals surface area contributed by atoms with Crippen LogP contribution in [0.25, 0.3) is 0 Å². The van der Waals surface area contributed by atoms with Crippen LogP contribution in [0.3, 0.4) is 0 Å². The Morgan fingerprint density at radius 3 is 2.00 bits per heavy atom. The highest BCUT2D eigenvalue weighted by atomic mass is 32.2. The Labute approximate surface area is 101 Å². The number of sulfone groups is 1. The van der Waals surface area contributed by atoms with Crippen molar-refractivity contribution in [3.05, 3.63) is 0 Å². The monoisotopic (exact) mass is 246 g/mol. The zero-order valence-electron chi connectivity index (χ0n) is 11.3. The van der Waals surface area contributed by atoms with Gasteiger partial charge >= 0.3 is 0 Å². The van der Waals surface area contributed by atoms with E-state index in [9.17, 15) is 8.42 Å². The van der Waals surface area contributed by atoms with Gasteiger partial charge < -0.3 is 0 Å². The minimum atomic E-state index is -2.99. The van der Waals surface area contributed by atoms with E-state index in [0.717, 1.165) is 19.3 Å². The second-order valence-electron chi connectivity index (χ2n) is 6.39. The highest BCUT2D eigenvalue weighted by molar-refractivity contribution is 7.93. The van der Waals surface area contributed by atoms with Crippen molar-refractivity contribution >= 4 is 9.84 Å². The predicted octanol–water partition coefficient (Wildman–Crippen LogP) is 3.41. The van der Waals surface area contributed by atoms with Crippen LogP contribution in [0.4, 0.5) is 0 Å². The Morgan fingerprint density at radius 2 is 1.56 bits per heavy atom. The first-order valence-corrected chi connectivity index (χ1v) is 7.96. The van der Waals surface area contributed by atoms with E-state index in [1.807, 2.05) is 20.8 Å². The van der Waals surface area contributed by atoms with Crippen molar-refractivity contribution in [2.45, 2.75) is 70.3 Å². The molecule has 0 radical (unpaired) electrons. The largest absolute Gasteiger partial charge is 0.228 e. The molecular weight excluding hydrogens is 220 g/mol. The fourth-order valence-corrected chi connectivity index (χ4v) is 5.02. The molecule has 0 amide bonds. The van der Waals surface area contributed by atoms with E-state index < -0.39 is 14.6 Å². The van der Waals surface area contributed by atoms with Gasteiger partial charge in [0.1, 0.15) is 0 Å². The van der Waals surface area contributed by atoms with Crippen LogP contribution in [-0.4, -0.2) is 18.4 Å². The molecule has 1 aliphatic carbocycles. The Bertz CT molecular complexity index is 322. The number of rotatable bonds is 2. The second kappa shape index (κ2) is 4.67. The molecule has 3 heteroatoms. The quantitative estimate of drug-likeness (QED) is 0.748. The molecule has 0 bridgehead atoms. The Hall–Kier alpha value is -0.0500. The van der Waals surface area contributed by atoms with Gasteiger partial charge in [-0.25, -0.2) is 8.42 Å². The van der Waals surface area contributed by atoms with Crippen molar-refractivity contribution in [2.75, 3.05) is 0 Å². The smallest absolute Gasteiger partial charge is 0.158 e. The molecule has 0 N–H and O–H groups in total. The van der Waals surface area contributed by atoms with Crippen LogP contribution in [-0.2, 0) is 9.84 Å². The summed E-state index contributed by atoms with van der Waals surface area (Å²) in [5, 5.41) is -0.110. The van der Waals surface area contributed by atoms with E-state index in [1.165, 1.54) is 6.42 Å². The molecule has 1 fully saturated rings. The van der Waals surface area contributed by atoms with Gasteiger partial charge in [0.2, 0.25) is 0 Å². The molecule has 1 rings (SSSR count). The van der Waals surface area contributed by atoms with E-state index in [0.29, 0.717) is 11.8 Å². The van der Waals surface area contributed by atoms with Crippen LogP contribution in [0, 0.1) is 11.8 Å². The normalized spacial score (nSPS) is 28.4. The van der Waals surface area contributed by atoms with Crippen molar-refractivity contribution in [2.24, 2.45) is 11.8 Å². The number of hydrogen-bond acceptors (Lipinski definition) is 2. The fraction of sp³-hybridized carbons (Fsp3) is 1.00. The first-order chi connectivity index (χ1) is 7.18. The molecule has 2 atom stereocenters. The van der Waals surface area contributed by atoms with Gasteiger partial charge in [-0.3, -0.25) is 0 Å². The molecule has 0 aromatic rings. The van der Waals surface area contributed by atoms with Crippen molar-refractivity contribution in [1.82, 2.24) is 0 Å². The molecule has 1 aliphatic rings. The van der Waals surface area contributed by atoms with Gasteiger partial charge in [-0.1, -0.05) is 26.7 Å². The van der Waals surface area contributed by atoms with Gasteiger partial charge in [-0.2, -0.15) is 0 Å². The lowest BCUT2D eigenvalue weighted by molar-refractivity contribution is 0.278. The molecule has 0 heterocycles. The summed E-state index contributed by atoms with van der Waals surface area (Å²) in [6.45, 7) is 9.79. The molecule has 0 saturated heterocycles. The summed E-state index contributed by atoms with van der Waals surface area (Å²) in [6, 6.07) is 0. The summed E-state index contributed by atoms with van der Waals surface area (Å²) in [6.07, 6.45) is 4.21. The van der Waals surface area contributed by atoms with E-state index in [1.54, 1.807) is 0 Å². The van der Waals surface area contributed by atoms with E-state index in [4.69, 9.17) is 0 Å². The molecule has 2 unspecified atom stereocenters. The molecule has 0 aromatic heterocycles. The molecule has 96 valence electrons. The first kappa shape index (κ1) is 14.0. The highest BCUT2D eigenvalue weighted by Crippen LogP contribution is 2.38. The van der Waals surface area contributed by atoms with Crippen LogP contribution in [0.15, 0.2) is 0 Å². The lowest BCUT2D eigenvalue weighted by Crippen LogP contribution is -2.44. The summed E-state index contributed by atoms with van der Waals surface area (Å²) in [4.78, 5) is 0. The Morgan fingerprint density at radius 1 is 1.06 bits per heavy atom. The van der Waals surface area contributed by atoms with Crippen LogP contribution in [0.1, 0.15) is 60.3 Å². The molecule has 1 saturated carbocycles. The van der Waals surface area contributed by atoms with Gasteiger partial charge in [-0.15, -0.1) is 0 Å². The summed E-state index contributed by atoms with van der Waals surface area (Å²) in [5.74, 6) is 0.834. The average molecular weight is 246 g/mol. The van der Waals surface area contributed by atoms with Crippen LogP contribution >= 0.6 is 0 Å². The van der Waals surface area contributed by atoms with Crippen molar-refractivity contribution < 1.29 is 8.42 Å². The predicted molar refractivity (Wildman–Crippen MR) is 69.3 cm³/mol. The van der Waals surface area contributed by atoms with Gasteiger partial charge in [0, 0.05) is 0 Å². The van der Waals surface area contributed by atoms with Gasteiger partial charge in [0.05, 0.1) is 10.00 Å². The van der Waals surface area contributed by atoms with Gasteiger partial charge in [-0.05, 0) is 45.4 Å². The van der Waals surface area contributed by atoms with Crippen molar-refractivity contribution in [3.8, 4) is 0 Å². The maximum Gasteiger partial charge on any atom is 0.158 e. The zero-order valence-corrected chi connectivity index (χ0v) is 12.1. The third kappa shape index (κ3) is 2.61. The van der Waals surface area contributed by atoms with E-state index >= 15 is 0 Å². The molecule has 0 spiro atoms. The maximum absolute atomic E-state index is 12.5. The summed E-state index contributed by atoms with van der Waals surface area (Å²) in [7, 11) is -2.99. The summed E-state index contributed by atoms with van der Waals surface area (Å²) < 4.78 is 24.4. The minimum absolute atomic E-state index is 0.110. The molecule has 0 aliphatic heterocycles. The van der Waals surface area contributed by atoms with Crippen molar-refractivity contribution in [3.63, 3.8) is 0 Å². The van der Waals surface area contributed by atoms with E-state index in [-0.39, 0.29) is 5.25 Å². The Balaban J connectivity index is 3.01. The first-order valence-electron chi connectivity index (χ1n) is 6.41. The summed E-state index contributed by atoms with van der Waals surface area (Å²) in [5.41, 5.74) is 0. The van der Waals surface area contributed by atoms with Crippen LogP contribution in [0.2, 0.25) is 0 Å². The zero-order chi connectivity index (χ0) is 12.6. The van der Waals surface area contributed by atoms with Gasteiger partial charge in [0.25, 0.3) is 0 Å². The van der Waals surface area contributed by atoms with Crippen molar-refractivity contribution in [1.29, 1.82) is 0 Å². The third-order valence-electron chi connectivity index (χ3n) is 3.86. The topological polar surface area (TPSA) is 34.1 Å². The molecule has 0 aromatic carbocycles. The third-order valence-corrected chi connectivity index (χ3v) is 6.95. The molecular formula is C13H26O2S. The molecule has 16 heavy (non-hydrogen) atoms. The second-order valence-corrected chi connectivity index (χ2v) is 9.31. The number of hydrogen-bond donors (Lipinski definition) is 0. The fourth-order valence-electron chi connectivity index (χ4n) is 2.73. The Kier molecular flexibility index (Phi) is 4.09. The molecule has 2 nitrogen and oxygen atoms in total. The summed E-state index contributed by atoms with van der Waals surface area (Å²) >= 11 is 0. The SMILES string of the molecule is CC(C)C1CCCCC1S(=O)(=O)C(C)(C)C. The van der Waals surface area contributed by atoms with Crippen LogP contribution in [0.5, 0.6) is 0 Å². The van der Waals surface area contributed by atoms with E-state index in [2.05, 4.69) is 13.8 Å². The van der Waals surface area contributed by atoms with Gasteiger partial charge in [0.15, 0.2) is 9.84 Å². The lowest BCUT2D eigenvalue weighted by atomic mass is 9.81. The maximum atomic E-state index is 12.5. The van der Waals surface area contributed by atoms with Crippen LogP contribution < -0.4 is 0 Å².